The highest BCUT2D eigenvalue weighted by Gasteiger charge is 2.05. The normalized spacial score (nSPS) is 10.6. The number of nitrogens with one attached hydrogen (secondary N) is 1. The molecule has 0 radical (unpaired) electrons. The second-order valence-corrected chi connectivity index (χ2v) is 4.34. The monoisotopic (exact) mass is 278 g/mol. The fraction of sp³-hybridized carbons (Fsp3) is 0.267. The van der Waals surface area contributed by atoms with Crippen molar-refractivity contribution in [1.82, 2.24) is 10.3 Å². The molecule has 0 aliphatic carbocycles. The molecule has 20 heavy (non-hydrogen) atoms. The molecule has 3 nitrogen and oxygen atoms in total. The smallest absolute Gasteiger partial charge is 0.162 e. The first-order valence-electron chi connectivity index (χ1n) is 6.47. The summed E-state index contributed by atoms with van der Waals surface area (Å²) in [5.41, 5.74) is 0.832. The number of ether oxygens (including phenoxy) is 1. The van der Waals surface area contributed by atoms with Crippen molar-refractivity contribution in [3.8, 4) is 11.5 Å². The Morgan fingerprint density at radius 3 is 2.65 bits per heavy atom. The van der Waals surface area contributed by atoms with Crippen LogP contribution in [0, 0.1) is 11.6 Å². The van der Waals surface area contributed by atoms with Crippen LogP contribution >= 0.6 is 0 Å². The van der Waals surface area contributed by atoms with E-state index in [-0.39, 0.29) is 5.75 Å². The predicted octanol–water partition coefficient (Wildman–Crippen LogP) is 3.65. The molecule has 1 N–H and O–H groups in total. The average molecular weight is 278 g/mol. The zero-order valence-electron chi connectivity index (χ0n) is 11.2. The van der Waals surface area contributed by atoms with Crippen molar-refractivity contribution in [1.29, 1.82) is 0 Å². The summed E-state index contributed by atoms with van der Waals surface area (Å²) in [6.45, 7) is 3.64. The molecule has 0 aliphatic rings. The molecule has 0 saturated heterocycles. The lowest BCUT2D eigenvalue weighted by Crippen LogP contribution is -2.14. The third-order valence-electron chi connectivity index (χ3n) is 2.65. The van der Waals surface area contributed by atoms with Gasteiger partial charge in [0.05, 0.1) is 5.69 Å². The van der Waals surface area contributed by atoms with Gasteiger partial charge in [-0.25, -0.2) is 8.78 Å². The van der Waals surface area contributed by atoms with E-state index in [0.717, 1.165) is 30.8 Å². The standard InChI is InChI=1S/C15H16F2N2O/c1-2-6-18-10-11-8-13(5-7-19-11)20-12-3-4-14(16)15(17)9-12/h3-5,7-9,18H,2,6,10H2,1H3. The van der Waals surface area contributed by atoms with Crippen LogP contribution in [-0.2, 0) is 6.54 Å². The third kappa shape index (κ3) is 3.99. The van der Waals surface area contributed by atoms with Gasteiger partial charge in [-0.3, -0.25) is 4.98 Å². The van der Waals surface area contributed by atoms with Crippen molar-refractivity contribution in [3.63, 3.8) is 0 Å². The van der Waals surface area contributed by atoms with Crippen molar-refractivity contribution < 1.29 is 13.5 Å². The van der Waals surface area contributed by atoms with E-state index in [2.05, 4.69) is 17.2 Å². The summed E-state index contributed by atoms with van der Waals surface area (Å²) in [6.07, 6.45) is 2.67. The van der Waals surface area contributed by atoms with Crippen molar-refractivity contribution >= 4 is 0 Å². The van der Waals surface area contributed by atoms with E-state index in [4.69, 9.17) is 4.74 Å². The van der Waals surface area contributed by atoms with Crippen molar-refractivity contribution in [2.75, 3.05) is 6.54 Å². The summed E-state index contributed by atoms with van der Waals surface area (Å²) in [7, 11) is 0. The highest BCUT2D eigenvalue weighted by Crippen LogP contribution is 2.23. The quantitative estimate of drug-likeness (QED) is 0.819. The Hall–Kier alpha value is -2.01. The molecule has 0 spiro atoms. The van der Waals surface area contributed by atoms with Crippen LogP contribution in [0.1, 0.15) is 19.0 Å². The fourth-order valence-corrected chi connectivity index (χ4v) is 1.69. The summed E-state index contributed by atoms with van der Waals surface area (Å²) in [6, 6.07) is 6.88. The van der Waals surface area contributed by atoms with Crippen molar-refractivity contribution in [2.45, 2.75) is 19.9 Å². The van der Waals surface area contributed by atoms with Crippen molar-refractivity contribution in [3.05, 3.63) is 53.9 Å². The molecule has 0 amide bonds. The van der Waals surface area contributed by atoms with Gasteiger partial charge >= 0.3 is 0 Å². The Labute approximate surface area is 116 Å². The van der Waals surface area contributed by atoms with Crippen LogP contribution < -0.4 is 10.1 Å². The predicted molar refractivity (Wildman–Crippen MR) is 72.7 cm³/mol. The summed E-state index contributed by atoms with van der Waals surface area (Å²) in [4.78, 5) is 4.21. The lowest BCUT2D eigenvalue weighted by atomic mass is 10.3. The highest BCUT2D eigenvalue weighted by molar-refractivity contribution is 5.31. The second-order valence-electron chi connectivity index (χ2n) is 4.34. The van der Waals surface area contributed by atoms with E-state index in [0.29, 0.717) is 12.3 Å². The Morgan fingerprint density at radius 2 is 1.90 bits per heavy atom. The van der Waals surface area contributed by atoms with Gasteiger partial charge in [0.1, 0.15) is 11.5 Å². The first-order valence-corrected chi connectivity index (χ1v) is 6.47. The molecule has 1 aromatic heterocycles. The molecule has 2 rings (SSSR count). The molecule has 1 aromatic carbocycles. The SMILES string of the molecule is CCCNCc1cc(Oc2ccc(F)c(F)c2)ccn1. The molecule has 5 heteroatoms. The van der Waals surface area contributed by atoms with Gasteiger partial charge in [0, 0.05) is 24.9 Å². The van der Waals surface area contributed by atoms with Crippen molar-refractivity contribution in [2.24, 2.45) is 0 Å². The lowest BCUT2D eigenvalue weighted by Gasteiger charge is -2.08. The first-order chi connectivity index (χ1) is 9.69. The molecule has 0 saturated carbocycles. The molecule has 0 fully saturated rings. The Balaban J connectivity index is 2.05. The molecular weight excluding hydrogens is 262 g/mol. The number of hydrogen-bond acceptors (Lipinski definition) is 3. The molecule has 0 unspecified atom stereocenters. The van der Waals surface area contributed by atoms with Gasteiger partial charge in [0.2, 0.25) is 0 Å². The Kier molecular flexibility index (Phi) is 5.01. The van der Waals surface area contributed by atoms with Crippen LogP contribution in [0.3, 0.4) is 0 Å². The van der Waals surface area contributed by atoms with E-state index in [1.165, 1.54) is 6.07 Å². The Bertz CT molecular complexity index is 576. The second kappa shape index (κ2) is 6.96. The fourth-order valence-electron chi connectivity index (χ4n) is 1.69. The minimum Gasteiger partial charge on any atom is -0.457 e. The topological polar surface area (TPSA) is 34.1 Å². The first kappa shape index (κ1) is 14.4. The maximum atomic E-state index is 13.1. The van der Waals surface area contributed by atoms with Gasteiger partial charge in [0.25, 0.3) is 0 Å². The number of benzene rings is 1. The minimum absolute atomic E-state index is 0.252. The molecule has 106 valence electrons. The van der Waals surface area contributed by atoms with E-state index in [1.807, 2.05) is 0 Å². The van der Waals surface area contributed by atoms with Crippen LogP contribution in [-0.4, -0.2) is 11.5 Å². The lowest BCUT2D eigenvalue weighted by molar-refractivity contribution is 0.460. The number of hydrogen-bond donors (Lipinski definition) is 1. The summed E-state index contributed by atoms with van der Waals surface area (Å²) < 4.78 is 31.4. The largest absolute Gasteiger partial charge is 0.457 e. The molecular formula is C15H16F2N2O. The maximum absolute atomic E-state index is 13.1. The molecule has 0 atom stereocenters. The number of pyridine rings is 1. The molecule has 0 bridgehead atoms. The number of rotatable bonds is 6. The van der Waals surface area contributed by atoms with E-state index in [9.17, 15) is 8.78 Å². The zero-order chi connectivity index (χ0) is 14.4. The average Bonchev–Trinajstić information content (AvgIpc) is 2.44. The summed E-state index contributed by atoms with van der Waals surface area (Å²) in [5.74, 6) is -1.03. The van der Waals surface area contributed by atoms with Gasteiger partial charge in [-0.1, -0.05) is 6.92 Å². The summed E-state index contributed by atoms with van der Waals surface area (Å²) >= 11 is 0. The van der Waals surface area contributed by atoms with Gasteiger partial charge in [-0.05, 0) is 31.2 Å². The van der Waals surface area contributed by atoms with Gasteiger partial charge in [-0.15, -0.1) is 0 Å². The Morgan fingerprint density at radius 1 is 1.10 bits per heavy atom. The summed E-state index contributed by atoms with van der Waals surface area (Å²) in [5, 5.41) is 3.23. The third-order valence-corrected chi connectivity index (χ3v) is 2.65. The number of halogens is 2. The molecule has 0 aliphatic heterocycles. The molecule has 2 aromatic rings. The zero-order valence-corrected chi connectivity index (χ0v) is 11.2. The van der Waals surface area contributed by atoms with E-state index < -0.39 is 11.6 Å². The minimum atomic E-state index is -0.929. The van der Waals surface area contributed by atoms with Crippen LogP contribution in [0.5, 0.6) is 11.5 Å². The van der Waals surface area contributed by atoms with Crippen LogP contribution in [0.2, 0.25) is 0 Å². The van der Waals surface area contributed by atoms with E-state index >= 15 is 0 Å². The number of nitrogens with zero attached hydrogens (tertiary/aromatic N) is 1. The highest BCUT2D eigenvalue weighted by atomic mass is 19.2. The maximum Gasteiger partial charge on any atom is 0.162 e. The van der Waals surface area contributed by atoms with Gasteiger partial charge in [0.15, 0.2) is 11.6 Å². The van der Waals surface area contributed by atoms with E-state index in [1.54, 1.807) is 18.3 Å². The van der Waals surface area contributed by atoms with Crippen LogP contribution in [0.15, 0.2) is 36.5 Å². The number of aromatic nitrogens is 1. The molecule has 1 heterocycles. The van der Waals surface area contributed by atoms with Gasteiger partial charge in [-0.2, -0.15) is 0 Å². The van der Waals surface area contributed by atoms with Gasteiger partial charge < -0.3 is 10.1 Å². The van der Waals surface area contributed by atoms with Crippen LogP contribution in [0.25, 0.3) is 0 Å². The van der Waals surface area contributed by atoms with Crippen LogP contribution in [0.4, 0.5) is 8.78 Å².